The van der Waals surface area contributed by atoms with E-state index in [-0.39, 0.29) is 18.0 Å². The third-order valence-corrected chi connectivity index (χ3v) is 6.58. The van der Waals surface area contributed by atoms with Crippen LogP contribution in [0.25, 0.3) is 0 Å². The van der Waals surface area contributed by atoms with Crippen molar-refractivity contribution < 1.29 is 14.3 Å². The monoisotopic (exact) mass is 504 g/mol. The summed E-state index contributed by atoms with van der Waals surface area (Å²) in [7, 11) is 3.62. The SMILES string of the molecule is CN1C(=O)c2ccccc2N(C)c2nc(Nc3cnn(C4CCN(C(=O)OC(C)(C)C)CC4)c3)ncc21. The van der Waals surface area contributed by atoms with E-state index < -0.39 is 5.60 Å². The lowest BCUT2D eigenvalue weighted by Gasteiger charge is -2.33. The van der Waals surface area contributed by atoms with Crippen molar-refractivity contribution in [2.75, 3.05) is 42.3 Å². The van der Waals surface area contributed by atoms with Gasteiger partial charge in [-0.3, -0.25) is 9.48 Å². The number of nitrogens with zero attached hydrogens (tertiary/aromatic N) is 7. The highest BCUT2D eigenvalue weighted by atomic mass is 16.6. The molecule has 2 aliphatic rings. The number of rotatable bonds is 3. The number of hydrogen-bond acceptors (Lipinski definition) is 8. The highest BCUT2D eigenvalue weighted by molar-refractivity contribution is 6.13. The molecule has 4 heterocycles. The maximum Gasteiger partial charge on any atom is 0.410 e. The second-order valence-electron chi connectivity index (χ2n) is 10.4. The zero-order chi connectivity index (χ0) is 26.3. The molecule has 0 aliphatic carbocycles. The fourth-order valence-corrected chi connectivity index (χ4v) is 4.63. The van der Waals surface area contributed by atoms with Crippen molar-refractivity contribution >= 4 is 40.8 Å². The molecule has 11 heteroatoms. The number of fused-ring (bicyclic) bond motifs is 2. The highest BCUT2D eigenvalue weighted by Crippen LogP contribution is 2.38. The minimum absolute atomic E-state index is 0.107. The molecule has 194 valence electrons. The topological polar surface area (TPSA) is 109 Å². The van der Waals surface area contributed by atoms with Gasteiger partial charge in [-0.25, -0.2) is 9.78 Å². The Morgan fingerprint density at radius 2 is 1.78 bits per heavy atom. The van der Waals surface area contributed by atoms with Crippen LogP contribution in [0.2, 0.25) is 0 Å². The number of aromatic nitrogens is 4. The summed E-state index contributed by atoms with van der Waals surface area (Å²) in [6, 6.07) is 7.66. The Kier molecular flexibility index (Phi) is 6.22. The number of piperidine rings is 1. The van der Waals surface area contributed by atoms with Crippen LogP contribution in [0.15, 0.2) is 42.9 Å². The molecular weight excluding hydrogens is 472 g/mol. The minimum atomic E-state index is -0.502. The van der Waals surface area contributed by atoms with E-state index in [4.69, 9.17) is 9.72 Å². The van der Waals surface area contributed by atoms with Gasteiger partial charge in [-0.2, -0.15) is 10.1 Å². The van der Waals surface area contributed by atoms with Crippen LogP contribution >= 0.6 is 0 Å². The molecule has 11 nitrogen and oxygen atoms in total. The van der Waals surface area contributed by atoms with Crippen molar-refractivity contribution in [2.45, 2.75) is 45.3 Å². The Labute approximate surface area is 216 Å². The highest BCUT2D eigenvalue weighted by Gasteiger charge is 2.30. The standard InChI is InChI=1S/C26H32N8O3/c1-26(2,3)37-25(36)33-12-10-18(11-13-33)34-16-17(14-28-34)29-24-27-15-21-22(30-24)31(4)20-9-7-6-8-19(20)23(35)32(21)5/h6-9,14-16,18H,10-13H2,1-5H3,(H,27,29,30). The third kappa shape index (κ3) is 4.93. The van der Waals surface area contributed by atoms with Gasteiger partial charge in [0.25, 0.3) is 5.91 Å². The quantitative estimate of drug-likeness (QED) is 0.561. The Balaban J connectivity index is 1.28. The number of amides is 2. The van der Waals surface area contributed by atoms with E-state index in [1.54, 1.807) is 29.2 Å². The van der Waals surface area contributed by atoms with Crippen LogP contribution in [0, 0.1) is 0 Å². The molecule has 3 aromatic rings. The van der Waals surface area contributed by atoms with Crippen LogP contribution in [-0.4, -0.2) is 69.4 Å². The zero-order valence-electron chi connectivity index (χ0n) is 21.8. The van der Waals surface area contributed by atoms with E-state index in [2.05, 4.69) is 15.4 Å². The summed E-state index contributed by atoms with van der Waals surface area (Å²) < 4.78 is 7.41. The lowest BCUT2D eigenvalue weighted by atomic mass is 10.1. The molecule has 1 saturated heterocycles. The van der Waals surface area contributed by atoms with Gasteiger partial charge in [0, 0.05) is 33.4 Å². The van der Waals surface area contributed by atoms with E-state index in [1.807, 2.05) is 67.9 Å². The molecule has 2 aromatic heterocycles. The van der Waals surface area contributed by atoms with Crippen LogP contribution in [0.1, 0.15) is 50.0 Å². The summed E-state index contributed by atoms with van der Waals surface area (Å²) in [4.78, 5) is 39.7. The molecule has 2 aliphatic heterocycles. The lowest BCUT2D eigenvalue weighted by Crippen LogP contribution is -2.42. The zero-order valence-corrected chi connectivity index (χ0v) is 21.8. The van der Waals surface area contributed by atoms with Crippen LogP contribution in [0.5, 0.6) is 0 Å². The van der Waals surface area contributed by atoms with E-state index >= 15 is 0 Å². The Morgan fingerprint density at radius 3 is 2.51 bits per heavy atom. The first kappa shape index (κ1) is 24.5. The Morgan fingerprint density at radius 1 is 1.05 bits per heavy atom. The Hall–Kier alpha value is -4.15. The fourth-order valence-electron chi connectivity index (χ4n) is 4.63. The summed E-state index contributed by atoms with van der Waals surface area (Å²) >= 11 is 0. The average Bonchev–Trinajstić information content (AvgIpc) is 3.32. The van der Waals surface area contributed by atoms with E-state index in [0.717, 1.165) is 24.2 Å². The summed E-state index contributed by atoms with van der Waals surface area (Å²) in [5.74, 6) is 0.926. The van der Waals surface area contributed by atoms with Crippen LogP contribution < -0.4 is 15.1 Å². The van der Waals surface area contributed by atoms with Gasteiger partial charge in [-0.1, -0.05) is 12.1 Å². The second-order valence-corrected chi connectivity index (χ2v) is 10.4. The van der Waals surface area contributed by atoms with Crippen molar-refractivity contribution in [3.8, 4) is 0 Å². The van der Waals surface area contributed by atoms with E-state index in [1.165, 1.54) is 0 Å². The molecular formula is C26H32N8O3. The predicted molar refractivity (Wildman–Crippen MR) is 141 cm³/mol. The normalized spacial score (nSPS) is 16.2. The number of nitrogens with one attached hydrogen (secondary N) is 1. The van der Waals surface area contributed by atoms with E-state index in [0.29, 0.717) is 36.1 Å². The molecule has 0 radical (unpaired) electrons. The summed E-state index contributed by atoms with van der Waals surface area (Å²) in [5.41, 5.74) is 2.28. The Bertz CT molecular complexity index is 1320. The van der Waals surface area contributed by atoms with Crippen molar-refractivity contribution in [3.05, 3.63) is 48.4 Å². The number of hydrogen-bond donors (Lipinski definition) is 1. The first-order chi connectivity index (χ1) is 17.6. The maximum absolute atomic E-state index is 13.0. The number of benzene rings is 1. The summed E-state index contributed by atoms with van der Waals surface area (Å²) in [6.45, 7) is 6.86. The van der Waals surface area contributed by atoms with Gasteiger partial charge < -0.3 is 24.8 Å². The molecule has 1 aromatic carbocycles. The van der Waals surface area contributed by atoms with Gasteiger partial charge >= 0.3 is 6.09 Å². The maximum atomic E-state index is 13.0. The van der Waals surface area contributed by atoms with Crippen molar-refractivity contribution in [3.63, 3.8) is 0 Å². The third-order valence-electron chi connectivity index (χ3n) is 6.58. The number of likely N-dealkylation sites (tertiary alicyclic amines) is 1. The number of carbonyl (C=O) groups excluding carboxylic acids is 2. The van der Waals surface area contributed by atoms with Crippen molar-refractivity contribution in [2.24, 2.45) is 0 Å². The molecule has 2 amide bonds. The van der Waals surface area contributed by atoms with Gasteiger partial charge in [-0.15, -0.1) is 0 Å². The predicted octanol–water partition coefficient (Wildman–Crippen LogP) is 4.35. The van der Waals surface area contributed by atoms with Gasteiger partial charge in [0.15, 0.2) is 5.82 Å². The number of anilines is 5. The lowest BCUT2D eigenvalue weighted by molar-refractivity contribution is 0.0184. The summed E-state index contributed by atoms with van der Waals surface area (Å²) in [5, 5.41) is 7.77. The molecule has 0 spiro atoms. The van der Waals surface area contributed by atoms with Crippen LogP contribution in [-0.2, 0) is 4.74 Å². The average molecular weight is 505 g/mol. The second kappa shape index (κ2) is 9.38. The van der Waals surface area contributed by atoms with Gasteiger partial charge in [0.05, 0.1) is 35.4 Å². The van der Waals surface area contributed by atoms with Crippen molar-refractivity contribution in [1.82, 2.24) is 24.6 Å². The molecule has 1 N–H and O–H groups in total. The molecule has 0 unspecified atom stereocenters. The largest absolute Gasteiger partial charge is 0.444 e. The molecule has 0 atom stereocenters. The van der Waals surface area contributed by atoms with Gasteiger partial charge in [0.1, 0.15) is 11.3 Å². The molecule has 0 bridgehead atoms. The molecule has 1 fully saturated rings. The molecule has 5 rings (SSSR count). The first-order valence-electron chi connectivity index (χ1n) is 12.4. The molecule has 37 heavy (non-hydrogen) atoms. The fraction of sp³-hybridized carbons (Fsp3) is 0.423. The molecule has 0 saturated carbocycles. The van der Waals surface area contributed by atoms with E-state index in [9.17, 15) is 9.59 Å². The van der Waals surface area contributed by atoms with Crippen LogP contribution in [0.4, 0.5) is 33.6 Å². The summed E-state index contributed by atoms with van der Waals surface area (Å²) in [6.07, 6.45) is 6.64. The van der Waals surface area contributed by atoms with Gasteiger partial charge in [-0.05, 0) is 45.7 Å². The first-order valence-corrected chi connectivity index (χ1v) is 12.4. The minimum Gasteiger partial charge on any atom is -0.444 e. The van der Waals surface area contributed by atoms with Crippen molar-refractivity contribution in [1.29, 1.82) is 0 Å². The van der Waals surface area contributed by atoms with Crippen LogP contribution in [0.3, 0.4) is 0 Å². The number of para-hydroxylation sites is 1. The smallest absolute Gasteiger partial charge is 0.410 e. The number of carbonyl (C=O) groups is 2. The number of ether oxygens (including phenoxy) is 1. The van der Waals surface area contributed by atoms with Gasteiger partial charge in [0.2, 0.25) is 5.95 Å².